The molecule has 116 valence electrons. The summed E-state index contributed by atoms with van der Waals surface area (Å²) in [7, 11) is 0. The molecule has 0 radical (unpaired) electrons. The van der Waals surface area contributed by atoms with Gasteiger partial charge in [0.2, 0.25) is 0 Å². The molecule has 0 spiro atoms. The van der Waals surface area contributed by atoms with Crippen molar-refractivity contribution < 1.29 is 15.0 Å². The van der Waals surface area contributed by atoms with Gasteiger partial charge in [0.1, 0.15) is 0 Å². The first kappa shape index (κ1) is 16.7. The van der Waals surface area contributed by atoms with E-state index in [1.807, 2.05) is 13.8 Å². The molecule has 0 aromatic rings. The number of aliphatic carboxylic acids is 1. The summed E-state index contributed by atoms with van der Waals surface area (Å²) in [5, 5.41) is 19.5. The third-order valence-electron chi connectivity index (χ3n) is 4.42. The Labute approximate surface area is 119 Å². The molecule has 0 aliphatic heterocycles. The van der Waals surface area contributed by atoms with Gasteiger partial charge in [-0.15, -0.1) is 0 Å². The molecule has 7 nitrogen and oxygen atoms in total. The van der Waals surface area contributed by atoms with E-state index < -0.39 is 30.0 Å². The summed E-state index contributed by atoms with van der Waals surface area (Å²) in [5.41, 5.74) is 17.1. The van der Waals surface area contributed by atoms with Gasteiger partial charge in [-0.25, -0.2) is 4.99 Å². The first-order valence-corrected chi connectivity index (χ1v) is 7.08. The summed E-state index contributed by atoms with van der Waals surface area (Å²) in [6.45, 7) is 4.05. The Balaban J connectivity index is 3.03. The highest BCUT2D eigenvalue weighted by atomic mass is 16.4. The third-order valence-corrected chi connectivity index (χ3v) is 4.42. The zero-order chi connectivity index (χ0) is 15.4. The molecular weight excluding hydrogens is 260 g/mol. The summed E-state index contributed by atoms with van der Waals surface area (Å²) in [6.07, 6.45) is 0.934. The van der Waals surface area contributed by atoms with E-state index in [0.29, 0.717) is 0 Å². The number of hydrogen-bond acceptors (Lipinski definition) is 4. The van der Waals surface area contributed by atoms with Crippen molar-refractivity contribution in [3.05, 3.63) is 0 Å². The molecule has 0 aromatic carbocycles. The van der Waals surface area contributed by atoms with E-state index >= 15 is 0 Å². The van der Waals surface area contributed by atoms with Crippen molar-refractivity contribution in [3.8, 4) is 0 Å². The molecule has 0 saturated heterocycles. The van der Waals surface area contributed by atoms with Gasteiger partial charge in [-0.2, -0.15) is 0 Å². The maximum Gasteiger partial charge on any atom is 0.309 e. The van der Waals surface area contributed by atoms with Gasteiger partial charge in [0, 0.05) is 12.0 Å². The molecule has 1 rings (SSSR count). The Kier molecular flexibility index (Phi) is 5.76. The largest absolute Gasteiger partial charge is 0.481 e. The Bertz CT molecular complexity index is 367. The lowest BCUT2D eigenvalue weighted by Crippen LogP contribution is -2.46. The number of guanidine groups is 1. The minimum absolute atomic E-state index is 0.102. The summed E-state index contributed by atoms with van der Waals surface area (Å²) in [6, 6.07) is -0.760. The molecule has 1 aliphatic carbocycles. The third kappa shape index (κ3) is 3.40. The number of carbonyl (C=O) groups is 1. The van der Waals surface area contributed by atoms with Crippen LogP contribution in [0.15, 0.2) is 4.99 Å². The predicted octanol–water partition coefficient (Wildman–Crippen LogP) is -0.526. The van der Waals surface area contributed by atoms with Crippen LogP contribution in [0.25, 0.3) is 0 Å². The van der Waals surface area contributed by atoms with Crippen LogP contribution in [0.5, 0.6) is 0 Å². The molecule has 0 bridgehead atoms. The van der Waals surface area contributed by atoms with Crippen LogP contribution in [0.1, 0.15) is 33.1 Å². The highest BCUT2D eigenvalue weighted by Crippen LogP contribution is 2.38. The molecule has 8 N–H and O–H groups in total. The number of aliphatic hydroxyl groups is 1. The van der Waals surface area contributed by atoms with Crippen molar-refractivity contribution in [2.75, 3.05) is 0 Å². The van der Waals surface area contributed by atoms with Gasteiger partial charge in [0.25, 0.3) is 0 Å². The minimum Gasteiger partial charge on any atom is -0.481 e. The van der Waals surface area contributed by atoms with E-state index in [4.69, 9.17) is 17.2 Å². The second kappa shape index (κ2) is 6.90. The van der Waals surface area contributed by atoms with Gasteiger partial charge in [0.15, 0.2) is 5.96 Å². The molecular formula is C13H26N4O3. The Hall–Kier alpha value is -1.34. The molecule has 0 aromatic heterocycles. The second-order valence-corrected chi connectivity index (χ2v) is 5.52. The maximum absolute atomic E-state index is 11.2. The van der Waals surface area contributed by atoms with Gasteiger partial charge in [0.05, 0.1) is 18.1 Å². The van der Waals surface area contributed by atoms with Crippen molar-refractivity contribution in [3.63, 3.8) is 0 Å². The average Bonchev–Trinajstić information content (AvgIpc) is 2.66. The Morgan fingerprint density at radius 1 is 1.35 bits per heavy atom. The van der Waals surface area contributed by atoms with Crippen molar-refractivity contribution in [2.45, 2.75) is 51.3 Å². The SMILES string of the molecule is CCC(CC)C(N)C1C(N=C(N)N)CC(C(=O)O)C1O. The van der Waals surface area contributed by atoms with Crippen LogP contribution in [-0.2, 0) is 4.79 Å². The first-order valence-electron chi connectivity index (χ1n) is 7.08. The quantitative estimate of drug-likeness (QED) is 0.327. The number of rotatable bonds is 6. The fraction of sp³-hybridized carbons (Fsp3) is 0.846. The summed E-state index contributed by atoms with van der Waals surface area (Å²) < 4.78 is 0. The van der Waals surface area contributed by atoms with E-state index in [-0.39, 0.29) is 24.3 Å². The molecule has 0 amide bonds. The van der Waals surface area contributed by atoms with Gasteiger partial charge in [-0.1, -0.05) is 26.7 Å². The standard InChI is InChI=1S/C13H26N4O3/c1-3-6(4-2)10(14)9-8(17-13(15)16)5-7(11(9)18)12(19)20/h6-11,18H,3-5,14H2,1-2H3,(H,19,20)(H4,15,16,17). The van der Waals surface area contributed by atoms with Gasteiger partial charge in [-0.3, -0.25) is 4.79 Å². The van der Waals surface area contributed by atoms with Crippen LogP contribution >= 0.6 is 0 Å². The van der Waals surface area contributed by atoms with Crippen LogP contribution in [0, 0.1) is 17.8 Å². The normalized spacial score (nSPS) is 31.2. The molecule has 0 heterocycles. The number of hydrogen-bond donors (Lipinski definition) is 5. The number of carboxylic acid groups (broad SMARTS) is 1. The molecule has 1 fully saturated rings. The van der Waals surface area contributed by atoms with Crippen LogP contribution in [0.3, 0.4) is 0 Å². The number of nitrogens with zero attached hydrogens (tertiary/aromatic N) is 1. The van der Waals surface area contributed by atoms with E-state index in [0.717, 1.165) is 12.8 Å². The second-order valence-electron chi connectivity index (χ2n) is 5.52. The van der Waals surface area contributed by atoms with E-state index in [1.165, 1.54) is 0 Å². The van der Waals surface area contributed by atoms with Crippen LogP contribution < -0.4 is 17.2 Å². The summed E-state index contributed by atoms with van der Waals surface area (Å²) in [5.74, 6) is -2.22. The Morgan fingerprint density at radius 3 is 2.30 bits per heavy atom. The fourth-order valence-electron chi connectivity index (χ4n) is 3.26. The zero-order valence-electron chi connectivity index (χ0n) is 12.1. The summed E-state index contributed by atoms with van der Waals surface area (Å²) in [4.78, 5) is 15.3. The number of aliphatic hydroxyl groups excluding tert-OH is 1. The lowest BCUT2D eigenvalue weighted by Gasteiger charge is -2.32. The Morgan fingerprint density at radius 2 is 1.90 bits per heavy atom. The monoisotopic (exact) mass is 286 g/mol. The highest BCUT2D eigenvalue weighted by molar-refractivity contribution is 5.76. The highest BCUT2D eigenvalue weighted by Gasteiger charge is 2.49. The summed E-state index contributed by atoms with van der Waals surface area (Å²) >= 11 is 0. The number of aliphatic imine (C=N–C) groups is 1. The minimum atomic E-state index is -1.03. The van der Waals surface area contributed by atoms with Crippen molar-refractivity contribution >= 4 is 11.9 Å². The molecule has 7 heteroatoms. The van der Waals surface area contributed by atoms with Crippen molar-refractivity contribution in [1.82, 2.24) is 0 Å². The molecule has 5 atom stereocenters. The predicted molar refractivity (Wildman–Crippen MR) is 76.9 cm³/mol. The van der Waals surface area contributed by atoms with E-state index in [9.17, 15) is 15.0 Å². The molecule has 5 unspecified atom stereocenters. The lowest BCUT2D eigenvalue weighted by atomic mass is 9.81. The first-order chi connectivity index (χ1) is 9.33. The van der Waals surface area contributed by atoms with E-state index in [2.05, 4.69) is 4.99 Å². The van der Waals surface area contributed by atoms with Gasteiger partial charge in [-0.05, 0) is 12.3 Å². The number of carboxylic acids is 1. The van der Waals surface area contributed by atoms with E-state index in [1.54, 1.807) is 0 Å². The van der Waals surface area contributed by atoms with Crippen LogP contribution in [0.4, 0.5) is 0 Å². The van der Waals surface area contributed by atoms with Crippen LogP contribution in [0.2, 0.25) is 0 Å². The van der Waals surface area contributed by atoms with Gasteiger partial charge < -0.3 is 27.4 Å². The average molecular weight is 286 g/mol. The molecule has 1 aliphatic rings. The zero-order valence-corrected chi connectivity index (χ0v) is 12.1. The lowest BCUT2D eigenvalue weighted by molar-refractivity contribution is -0.145. The smallest absolute Gasteiger partial charge is 0.309 e. The number of nitrogens with two attached hydrogens (primary N) is 3. The fourth-order valence-corrected chi connectivity index (χ4v) is 3.26. The maximum atomic E-state index is 11.2. The van der Waals surface area contributed by atoms with Crippen molar-refractivity contribution in [1.29, 1.82) is 0 Å². The van der Waals surface area contributed by atoms with Gasteiger partial charge >= 0.3 is 5.97 Å². The van der Waals surface area contributed by atoms with Crippen LogP contribution in [-0.4, -0.2) is 40.3 Å². The molecule has 20 heavy (non-hydrogen) atoms. The van der Waals surface area contributed by atoms with Crippen molar-refractivity contribution in [2.24, 2.45) is 39.9 Å². The molecule has 1 saturated carbocycles. The topological polar surface area (TPSA) is 148 Å².